The number of hydrogen-bond acceptors (Lipinski definition) is 3. The number of benzene rings is 1. The standard InChI is InChI=1S/C20H25N3OS/c1-5-11-23(14-17-8-6-16(2)7-9-17)20(24)21-13-19(22(3)4)18-10-12-25-15-18/h1,6-10,12,15,19H,11,13-14H2,2-4H3,(H,21,24)/t19-/m1/s1. The summed E-state index contributed by atoms with van der Waals surface area (Å²) >= 11 is 1.66. The molecule has 0 fully saturated rings. The van der Waals surface area contributed by atoms with Crippen molar-refractivity contribution in [1.82, 2.24) is 15.1 Å². The van der Waals surface area contributed by atoms with Crippen LogP contribution < -0.4 is 5.32 Å². The lowest BCUT2D eigenvalue weighted by Crippen LogP contribution is -2.43. The summed E-state index contributed by atoms with van der Waals surface area (Å²) in [6.45, 7) is 3.37. The molecule has 0 aliphatic heterocycles. The molecule has 132 valence electrons. The molecular formula is C20H25N3OS. The van der Waals surface area contributed by atoms with Gasteiger partial charge in [0.2, 0.25) is 0 Å². The van der Waals surface area contributed by atoms with Crippen molar-refractivity contribution in [3.8, 4) is 12.3 Å². The summed E-state index contributed by atoms with van der Waals surface area (Å²) in [5.74, 6) is 2.57. The van der Waals surface area contributed by atoms with Crippen LogP contribution in [0, 0.1) is 19.3 Å². The smallest absolute Gasteiger partial charge is 0.318 e. The fourth-order valence-electron chi connectivity index (χ4n) is 2.58. The fraction of sp³-hybridized carbons (Fsp3) is 0.350. The van der Waals surface area contributed by atoms with E-state index in [1.165, 1.54) is 11.1 Å². The van der Waals surface area contributed by atoms with E-state index < -0.39 is 0 Å². The predicted molar refractivity (Wildman–Crippen MR) is 105 cm³/mol. The minimum atomic E-state index is -0.138. The maximum absolute atomic E-state index is 12.6. The van der Waals surface area contributed by atoms with Crippen molar-refractivity contribution in [3.05, 3.63) is 57.8 Å². The van der Waals surface area contributed by atoms with Gasteiger partial charge in [0.1, 0.15) is 0 Å². The fourth-order valence-corrected chi connectivity index (χ4v) is 3.29. The zero-order valence-electron chi connectivity index (χ0n) is 15.0. The molecule has 0 unspecified atom stereocenters. The van der Waals surface area contributed by atoms with Crippen LogP contribution in [0.3, 0.4) is 0 Å². The average molecular weight is 356 g/mol. The van der Waals surface area contributed by atoms with Crippen LogP contribution >= 0.6 is 11.3 Å². The minimum absolute atomic E-state index is 0.138. The number of hydrogen-bond donors (Lipinski definition) is 1. The van der Waals surface area contributed by atoms with Crippen LogP contribution in [0.2, 0.25) is 0 Å². The highest BCUT2D eigenvalue weighted by Gasteiger charge is 2.18. The SMILES string of the molecule is C#CCN(Cc1ccc(C)cc1)C(=O)NC[C@H](c1ccsc1)N(C)C. The van der Waals surface area contributed by atoms with Crippen LogP contribution in [0.15, 0.2) is 41.1 Å². The molecule has 2 aromatic rings. The molecule has 0 spiro atoms. The van der Waals surface area contributed by atoms with Crippen molar-refractivity contribution in [2.24, 2.45) is 0 Å². The van der Waals surface area contributed by atoms with E-state index in [0.29, 0.717) is 13.1 Å². The Morgan fingerprint density at radius 3 is 2.56 bits per heavy atom. The summed E-state index contributed by atoms with van der Waals surface area (Å²) in [5.41, 5.74) is 3.47. The van der Waals surface area contributed by atoms with Crippen LogP contribution in [0.4, 0.5) is 4.79 Å². The zero-order chi connectivity index (χ0) is 18.2. The van der Waals surface area contributed by atoms with Crippen LogP contribution in [-0.4, -0.2) is 43.0 Å². The molecule has 1 N–H and O–H groups in total. The Bertz CT molecular complexity index is 702. The summed E-state index contributed by atoms with van der Waals surface area (Å²) in [7, 11) is 4.03. The van der Waals surface area contributed by atoms with Gasteiger partial charge in [-0.25, -0.2) is 4.79 Å². The van der Waals surface area contributed by atoms with E-state index >= 15 is 0 Å². The lowest BCUT2D eigenvalue weighted by atomic mass is 10.1. The lowest BCUT2D eigenvalue weighted by Gasteiger charge is -2.26. The maximum atomic E-state index is 12.6. The number of aryl methyl sites for hydroxylation is 1. The normalized spacial score (nSPS) is 11.8. The van der Waals surface area contributed by atoms with Gasteiger partial charge in [0, 0.05) is 13.1 Å². The second-order valence-electron chi connectivity index (χ2n) is 6.27. The highest BCUT2D eigenvalue weighted by molar-refractivity contribution is 7.07. The summed E-state index contributed by atoms with van der Waals surface area (Å²) in [5, 5.41) is 7.19. The van der Waals surface area contributed by atoms with E-state index in [2.05, 4.69) is 33.0 Å². The number of terminal acetylenes is 1. The van der Waals surface area contributed by atoms with Crippen LogP contribution in [0.1, 0.15) is 22.7 Å². The summed E-state index contributed by atoms with van der Waals surface area (Å²) in [6, 6.07) is 10.2. The third-order valence-corrected chi connectivity index (χ3v) is 4.76. The Morgan fingerprint density at radius 1 is 1.28 bits per heavy atom. The monoisotopic (exact) mass is 355 g/mol. The minimum Gasteiger partial charge on any atom is -0.336 e. The number of rotatable bonds is 7. The molecular weight excluding hydrogens is 330 g/mol. The molecule has 2 amide bonds. The van der Waals surface area contributed by atoms with Crippen molar-refractivity contribution in [1.29, 1.82) is 0 Å². The Balaban J connectivity index is 1.99. The van der Waals surface area contributed by atoms with E-state index in [1.807, 2.05) is 45.3 Å². The molecule has 0 saturated carbocycles. The number of thiophene rings is 1. The molecule has 0 aliphatic carbocycles. The van der Waals surface area contributed by atoms with Crippen molar-refractivity contribution in [2.45, 2.75) is 19.5 Å². The molecule has 4 nitrogen and oxygen atoms in total. The second-order valence-corrected chi connectivity index (χ2v) is 7.05. The van der Waals surface area contributed by atoms with Crippen LogP contribution in [0.25, 0.3) is 0 Å². The van der Waals surface area contributed by atoms with E-state index in [9.17, 15) is 4.79 Å². The van der Waals surface area contributed by atoms with Gasteiger partial charge >= 0.3 is 6.03 Å². The van der Waals surface area contributed by atoms with Crippen LogP contribution in [-0.2, 0) is 6.54 Å². The first kappa shape index (κ1) is 19.0. The number of nitrogens with one attached hydrogen (secondary N) is 1. The van der Waals surface area contributed by atoms with E-state index in [1.54, 1.807) is 16.2 Å². The van der Waals surface area contributed by atoms with E-state index in [0.717, 1.165) is 5.56 Å². The van der Waals surface area contributed by atoms with Gasteiger partial charge < -0.3 is 15.1 Å². The number of urea groups is 1. The van der Waals surface area contributed by atoms with Gasteiger partial charge in [0.05, 0.1) is 12.6 Å². The highest BCUT2D eigenvalue weighted by atomic mass is 32.1. The van der Waals surface area contributed by atoms with Crippen LogP contribution in [0.5, 0.6) is 0 Å². The number of likely N-dealkylation sites (N-methyl/N-ethyl adjacent to an activating group) is 1. The zero-order valence-corrected chi connectivity index (χ0v) is 15.8. The molecule has 0 bridgehead atoms. The summed E-state index contributed by atoms with van der Waals surface area (Å²) in [6.07, 6.45) is 5.45. The first-order valence-corrected chi connectivity index (χ1v) is 9.16. The van der Waals surface area contributed by atoms with E-state index in [4.69, 9.17) is 6.42 Å². The van der Waals surface area contributed by atoms with Gasteiger partial charge in [-0.2, -0.15) is 11.3 Å². The van der Waals surface area contributed by atoms with Gasteiger partial charge in [-0.3, -0.25) is 0 Å². The first-order chi connectivity index (χ1) is 12.0. The van der Waals surface area contributed by atoms with Gasteiger partial charge in [-0.15, -0.1) is 6.42 Å². The van der Waals surface area contributed by atoms with Crippen molar-refractivity contribution in [3.63, 3.8) is 0 Å². The Morgan fingerprint density at radius 2 is 2.00 bits per heavy atom. The van der Waals surface area contributed by atoms with Crippen molar-refractivity contribution in [2.75, 3.05) is 27.2 Å². The Hall–Kier alpha value is -2.29. The number of carbonyl (C=O) groups excluding carboxylic acids is 1. The van der Waals surface area contributed by atoms with Gasteiger partial charge in [0.15, 0.2) is 0 Å². The van der Waals surface area contributed by atoms with Gasteiger partial charge in [0.25, 0.3) is 0 Å². The summed E-state index contributed by atoms with van der Waals surface area (Å²) < 4.78 is 0. The number of amides is 2. The molecule has 0 aliphatic rings. The van der Waals surface area contributed by atoms with Gasteiger partial charge in [-0.05, 0) is 49.0 Å². The Labute approximate surface area is 154 Å². The maximum Gasteiger partial charge on any atom is 0.318 e. The van der Waals surface area contributed by atoms with Crippen molar-refractivity contribution < 1.29 is 4.79 Å². The number of nitrogens with zero attached hydrogens (tertiary/aromatic N) is 2. The lowest BCUT2D eigenvalue weighted by molar-refractivity contribution is 0.196. The predicted octanol–water partition coefficient (Wildman–Crippen LogP) is 3.50. The van der Waals surface area contributed by atoms with E-state index in [-0.39, 0.29) is 18.6 Å². The molecule has 0 radical (unpaired) electrons. The summed E-state index contributed by atoms with van der Waals surface area (Å²) in [4.78, 5) is 16.4. The van der Waals surface area contributed by atoms with Crippen molar-refractivity contribution >= 4 is 17.4 Å². The molecule has 0 saturated heterocycles. The molecule has 5 heteroatoms. The molecule has 25 heavy (non-hydrogen) atoms. The topological polar surface area (TPSA) is 35.6 Å². The molecule has 1 aromatic heterocycles. The highest BCUT2D eigenvalue weighted by Crippen LogP contribution is 2.20. The third kappa shape index (κ3) is 5.63. The average Bonchev–Trinajstić information content (AvgIpc) is 3.10. The molecule has 1 atom stereocenters. The molecule has 1 aromatic carbocycles. The quantitative estimate of drug-likeness (QED) is 0.772. The largest absolute Gasteiger partial charge is 0.336 e. The third-order valence-electron chi connectivity index (χ3n) is 4.06. The Kier molecular flexibility index (Phi) is 7.05. The van der Waals surface area contributed by atoms with Gasteiger partial charge in [-0.1, -0.05) is 35.7 Å². The molecule has 2 rings (SSSR count). The molecule has 1 heterocycles. The second kappa shape index (κ2) is 9.26. The first-order valence-electron chi connectivity index (χ1n) is 8.21. The number of carbonyl (C=O) groups is 1.